The van der Waals surface area contributed by atoms with Crippen molar-refractivity contribution in [3.05, 3.63) is 71.9 Å². The number of primary amides is 1. The number of aliphatic carboxylic acids is 1. The Morgan fingerprint density at radius 2 is 1.38 bits per heavy atom. The zero-order valence-corrected chi connectivity index (χ0v) is 27.1. The number of nitrogens with one attached hydrogen (secondary N) is 5. The largest absolute Gasteiger partial charge is 0.480 e. The topological polar surface area (TPSA) is 259 Å². The molecule has 0 fully saturated rings. The first-order chi connectivity index (χ1) is 22.8. The van der Waals surface area contributed by atoms with Gasteiger partial charge in [0, 0.05) is 42.1 Å². The van der Waals surface area contributed by atoms with Gasteiger partial charge in [-0.05, 0) is 30.5 Å². The number of hydrogen-bond donors (Lipinski definition) is 10. The van der Waals surface area contributed by atoms with Gasteiger partial charge in [-0.25, -0.2) is 4.79 Å². The predicted octanol–water partition coefficient (Wildman–Crippen LogP) is -1.12. The summed E-state index contributed by atoms with van der Waals surface area (Å²) in [6, 6.07) is 9.46. The van der Waals surface area contributed by atoms with Crippen molar-refractivity contribution >= 4 is 59.0 Å². The molecule has 0 bridgehead atoms. The number of carbonyl (C=O) groups excluding carboxylic acids is 5. The summed E-state index contributed by atoms with van der Waals surface area (Å²) in [6.45, 7) is 1.19. The van der Waals surface area contributed by atoms with Gasteiger partial charge in [-0.3, -0.25) is 24.0 Å². The highest BCUT2D eigenvalue weighted by Crippen LogP contribution is 2.19. The number of aliphatic hydroxyl groups excluding tert-OH is 1. The van der Waals surface area contributed by atoms with E-state index in [0.717, 1.165) is 10.9 Å². The molecule has 258 valence electrons. The molecule has 15 nitrogen and oxygen atoms in total. The second-order valence-electron chi connectivity index (χ2n) is 11.3. The molecule has 0 aliphatic carbocycles. The minimum Gasteiger partial charge on any atom is -0.480 e. The highest BCUT2D eigenvalue weighted by Gasteiger charge is 2.33. The maximum atomic E-state index is 13.9. The molecule has 0 saturated heterocycles. The molecule has 2 aromatic carbocycles. The van der Waals surface area contributed by atoms with Crippen molar-refractivity contribution in [1.29, 1.82) is 0 Å². The summed E-state index contributed by atoms with van der Waals surface area (Å²) in [4.78, 5) is 79.3. The van der Waals surface area contributed by atoms with Gasteiger partial charge in [-0.15, -0.1) is 0 Å². The van der Waals surface area contributed by atoms with Crippen LogP contribution in [0.3, 0.4) is 0 Å². The molecule has 0 aliphatic heterocycles. The van der Waals surface area contributed by atoms with Crippen molar-refractivity contribution < 1.29 is 39.0 Å². The van der Waals surface area contributed by atoms with E-state index in [1.54, 1.807) is 36.5 Å². The second kappa shape index (κ2) is 17.8. The van der Waals surface area contributed by atoms with Crippen LogP contribution in [0.2, 0.25) is 0 Å². The molecule has 0 unspecified atom stereocenters. The number of aromatic amines is 1. The van der Waals surface area contributed by atoms with Crippen LogP contribution in [0.4, 0.5) is 0 Å². The lowest BCUT2D eigenvalue weighted by molar-refractivity contribution is -0.145. The van der Waals surface area contributed by atoms with Crippen molar-refractivity contribution in [3.63, 3.8) is 0 Å². The van der Waals surface area contributed by atoms with Crippen LogP contribution in [0.25, 0.3) is 10.9 Å². The summed E-state index contributed by atoms with van der Waals surface area (Å²) in [5.74, 6) is -5.51. The standard InChI is InChI=1S/C32H41N7O8S/c1-17(40)27(32(46)47)39-31(45)25(16-48)38-29(43)23(13-18-7-3-2-4-8-18)37-30(44)24(36-28(42)21(33)11-12-26(34)41)14-19-15-35-22-10-6-5-9-20(19)22/h2-10,15,17,21,23-25,27,35,40,48H,11-14,16,33H2,1H3,(H2,34,41)(H,36,42)(H,37,44)(H,38,43)(H,39,45)(H,46,47)/t17-,21+,23+,24+,25+,27+/m1/s1. The second-order valence-corrected chi connectivity index (χ2v) is 11.7. The normalized spacial score (nSPS) is 14.8. The van der Waals surface area contributed by atoms with Gasteiger partial charge in [0.25, 0.3) is 0 Å². The van der Waals surface area contributed by atoms with Gasteiger partial charge in [-0.1, -0.05) is 48.5 Å². The Morgan fingerprint density at radius 1 is 0.812 bits per heavy atom. The van der Waals surface area contributed by atoms with E-state index >= 15 is 0 Å². The Kier molecular flexibility index (Phi) is 13.9. The van der Waals surface area contributed by atoms with Crippen molar-refractivity contribution in [2.75, 3.05) is 5.75 Å². The molecule has 1 heterocycles. The molecule has 0 spiro atoms. The predicted molar refractivity (Wildman–Crippen MR) is 179 cm³/mol. The van der Waals surface area contributed by atoms with Crippen LogP contribution in [-0.4, -0.2) is 92.8 Å². The fourth-order valence-electron chi connectivity index (χ4n) is 4.88. The number of amides is 5. The third-order valence-corrected chi connectivity index (χ3v) is 7.91. The van der Waals surface area contributed by atoms with E-state index in [1.807, 2.05) is 24.3 Å². The average Bonchev–Trinajstić information content (AvgIpc) is 3.46. The van der Waals surface area contributed by atoms with E-state index in [2.05, 4.69) is 38.9 Å². The van der Waals surface area contributed by atoms with E-state index < -0.39 is 71.8 Å². The molecule has 0 radical (unpaired) electrons. The number of carbonyl (C=O) groups is 6. The quantitative estimate of drug-likeness (QED) is 0.0728. The lowest BCUT2D eigenvalue weighted by Gasteiger charge is -2.26. The lowest BCUT2D eigenvalue weighted by Crippen LogP contribution is -2.60. The molecule has 11 N–H and O–H groups in total. The molecule has 3 rings (SSSR count). The number of fused-ring (bicyclic) bond motifs is 1. The number of benzene rings is 2. The van der Waals surface area contributed by atoms with Crippen LogP contribution in [0, 0.1) is 0 Å². The van der Waals surface area contributed by atoms with Crippen molar-refractivity contribution in [1.82, 2.24) is 26.3 Å². The van der Waals surface area contributed by atoms with E-state index in [0.29, 0.717) is 11.1 Å². The first-order valence-corrected chi connectivity index (χ1v) is 15.8. The molecule has 1 aromatic heterocycles. The minimum atomic E-state index is -1.64. The molecule has 48 heavy (non-hydrogen) atoms. The Morgan fingerprint density at radius 3 is 1.98 bits per heavy atom. The van der Waals surface area contributed by atoms with Crippen LogP contribution in [-0.2, 0) is 41.6 Å². The Bertz CT molecular complexity index is 1600. The van der Waals surface area contributed by atoms with E-state index in [1.165, 1.54) is 6.92 Å². The Balaban J connectivity index is 1.88. The number of H-pyrrole nitrogens is 1. The Labute approximate surface area is 282 Å². The molecule has 0 aliphatic rings. The van der Waals surface area contributed by atoms with Gasteiger partial charge in [0.15, 0.2) is 6.04 Å². The fraction of sp³-hybridized carbons (Fsp3) is 0.375. The molecule has 3 aromatic rings. The Hall–Kier alpha value is -4.93. The number of carboxylic acid groups (broad SMARTS) is 1. The van der Waals surface area contributed by atoms with Crippen molar-refractivity contribution in [2.45, 2.75) is 68.9 Å². The van der Waals surface area contributed by atoms with Crippen molar-refractivity contribution in [3.8, 4) is 0 Å². The zero-order chi connectivity index (χ0) is 35.4. The van der Waals surface area contributed by atoms with Gasteiger partial charge in [0.2, 0.25) is 29.5 Å². The monoisotopic (exact) mass is 683 g/mol. The first kappa shape index (κ1) is 37.5. The number of aromatic nitrogens is 1. The summed E-state index contributed by atoms with van der Waals surface area (Å²) in [5.41, 5.74) is 13.3. The highest BCUT2D eigenvalue weighted by atomic mass is 32.1. The summed E-state index contributed by atoms with van der Waals surface area (Å²) in [7, 11) is 0. The molecule has 5 amide bonds. The number of hydrogen-bond acceptors (Lipinski definition) is 9. The third kappa shape index (κ3) is 10.8. The SMILES string of the molecule is C[C@@H](O)[C@H](NC(=O)[C@H](CS)NC(=O)[C@H](Cc1ccccc1)NC(=O)[C@H](Cc1c[nH]c2ccccc12)NC(=O)[C@@H](N)CCC(N)=O)C(=O)O. The van der Waals surface area contributed by atoms with E-state index in [4.69, 9.17) is 11.5 Å². The summed E-state index contributed by atoms with van der Waals surface area (Å²) in [5, 5.41) is 29.9. The summed E-state index contributed by atoms with van der Waals surface area (Å²) >= 11 is 4.13. The summed E-state index contributed by atoms with van der Waals surface area (Å²) in [6.07, 6.45) is 0.0644. The molecular formula is C32H41N7O8S. The zero-order valence-electron chi connectivity index (χ0n) is 26.2. The summed E-state index contributed by atoms with van der Waals surface area (Å²) < 4.78 is 0. The van der Waals surface area contributed by atoms with Crippen LogP contribution in [0.1, 0.15) is 30.9 Å². The van der Waals surface area contributed by atoms with Crippen LogP contribution in [0.5, 0.6) is 0 Å². The van der Waals surface area contributed by atoms with Gasteiger partial charge >= 0.3 is 5.97 Å². The lowest BCUT2D eigenvalue weighted by atomic mass is 10.0. The third-order valence-electron chi connectivity index (χ3n) is 7.55. The highest BCUT2D eigenvalue weighted by molar-refractivity contribution is 7.80. The number of nitrogens with two attached hydrogens (primary N) is 2. The number of carboxylic acids is 1. The average molecular weight is 684 g/mol. The van der Waals surface area contributed by atoms with E-state index in [9.17, 15) is 39.0 Å². The maximum Gasteiger partial charge on any atom is 0.328 e. The molecular weight excluding hydrogens is 642 g/mol. The van der Waals surface area contributed by atoms with E-state index in [-0.39, 0.29) is 31.4 Å². The maximum absolute atomic E-state index is 13.9. The van der Waals surface area contributed by atoms with Crippen LogP contribution < -0.4 is 32.7 Å². The molecule has 0 saturated carbocycles. The van der Waals surface area contributed by atoms with Crippen LogP contribution in [0.15, 0.2) is 60.8 Å². The van der Waals surface area contributed by atoms with Gasteiger partial charge in [-0.2, -0.15) is 12.6 Å². The molecule has 16 heteroatoms. The fourth-order valence-corrected chi connectivity index (χ4v) is 5.13. The van der Waals surface area contributed by atoms with Gasteiger partial charge < -0.3 is 47.9 Å². The van der Waals surface area contributed by atoms with Gasteiger partial charge in [0.05, 0.1) is 12.1 Å². The van der Waals surface area contributed by atoms with Crippen LogP contribution >= 0.6 is 12.6 Å². The number of thiol groups is 1. The first-order valence-electron chi connectivity index (χ1n) is 15.2. The van der Waals surface area contributed by atoms with Crippen molar-refractivity contribution in [2.24, 2.45) is 11.5 Å². The number of rotatable bonds is 18. The number of para-hydroxylation sites is 1. The number of aliphatic hydroxyl groups is 1. The molecule has 6 atom stereocenters. The minimum absolute atomic E-state index is 0.00138. The smallest absolute Gasteiger partial charge is 0.328 e. The van der Waals surface area contributed by atoms with Gasteiger partial charge in [0.1, 0.15) is 18.1 Å².